The van der Waals surface area contributed by atoms with Crippen LogP contribution in [-0.4, -0.2) is 87.7 Å². The highest BCUT2D eigenvalue weighted by Gasteiger charge is 2.33. The molecule has 1 fully saturated rings. The Hall–Kier alpha value is -4.12. The molecular formula is C36H46N2O8. The maximum atomic E-state index is 11.7. The Bertz CT molecular complexity index is 1370. The predicted molar refractivity (Wildman–Crippen MR) is 175 cm³/mol. The molecule has 1 heterocycles. The van der Waals surface area contributed by atoms with E-state index in [-0.39, 0.29) is 17.8 Å². The van der Waals surface area contributed by atoms with Gasteiger partial charge in [-0.05, 0) is 61.7 Å². The Balaban J connectivity index is 1.23. The first-order valence-electron chi connectivity index (χ1n) is 15.9. The molecule has 1 aliphatic heterocycles. The van der Waals surface area contributed by atoms with E-state index in [1.165, 1.54) is 4.90 Å². The SMILES string of the molecule is COc1ccccc1COCCCOc1ccc(C2CCN(C(=O)O)CC2OCCOc2ccccc2CCNCC(C)=O)cc1. The van der Waals surface area contributed by atoms with Crippen molar-refractivity contribution in [1.29, 1.82) is 0 Å². The normalized spacial score (nSPS) is 16.2. The first-order valence-corrected chi connectivity index (χ1v) is 15.9. The minimum absolute atomic E-state index is 0.0488. The number of likely N-dealkylation sites (tertiary alicyclic amines) is 1. The Labute approximate surface area is 271 Å². The molecule has 2 unspecified atom stereocenters. The van der Waals surface area contributed by atoms with Crippen LogP contribution in [-0.2, 0) is 27.3 Å². The molecule has 0 aromatic heterocycles. The van der Waals surface area contributed by atoms with E-state index >= 15 is 0 Å². The fourth-order valence-electron chi connectivity index (χ4n) is 5.50. The van der Waals surface area contributed by atoms with Gasteiger partial charge >= 0.3 is 6.09 Å². The van der Waals surface area contributed by atoms with Gasteiger partial charge in [-0.25, -0.2) is 4.79 Å². The molecule has 0 radical (unpaired) electrons. The molecule has 0 aliphatic carbocycles. The average Bonchev–Trinajstić information content (AvgIpc) is 3.07. The van der Waals surface area contributed by atoms with Crippen LogP contribution in [0.5, 0.6) is 17.2 Å². The third kappa shape index (κ3) is 11.0. The van der Waals surface area contributed by atoms with Crippen molar-refractivity contribution in [3.05, 3.63) is 89.5 Å². The van der Waals surface area contributed by atoms with Crippen LogP contribution in [0, 0.1) is 0 Å². The maximum Gasteiger partial charge on any atom is 0.407 e. The van der Waals surface area contributed by atoms with Gasteiger partial charge in [0.15, 0.2) is 0 Å². The van der Waals surface area contributed by atoms with Crippen LogP contribution >= 0.6 is 0 Å². The number of carbonyl (C=O) groups excluding carboxylic acids is 1. The highest BCUT2D eigenvalue weighted by Crippen LogP contribution is 2.32. The molecule has 1 aliphatic rings. The quantitative estimate of drug-likeness (QED) is 0.169. The number of carboxylic acid groups (broad SMARTS) is 1. The highest BCUT2D eigenvalue weighted by atomic mass is 16.5. The van der Waals surface area contributed by atoms with E-state index in [2.05, 4.69) is 5.32 Å². The van der Waals surface area contributed by atoms with E-state index in [1.54, 1.807) is 14.0 Å². The van der Waals surface area contributed by atoms with E-state index in [4.69, 9.17) is 23.7 Å². The first kappa shape index (κ1) is 34.7. The second-order valence-corrected chi connectivity index (χ2v) is 11.3. The number of rotatable bonds is 19. The number of ether oxygens (including phenoxy) is 5. The van der Waals surface area contributed by atoms with E-state index in [0.29, 0.717) is 65.6 Å². The standard InChI is InChI=1S/C36H46N2O8/c1-27(39)24-37-18-16-29-8-3-6-11-34(29)45-22-23-46-35-25-38(36(40)41)19-17-32(35)28-12-14-31(15-13-28)44-21-7-20-43-26-30-9-4-5-10-33(30)42-2/h3-6,8-15,32,35,37H,7,16-26H2,1-2H3,(H,40,41). The third-order valence-corrected chi connectivity index (χ3v) is 7.88. The zero-order valence-electron chi connectivity index (χ0n) is 26.8. The molecule has 1 saturated heterocycles. The summed E-state index contributed by atoms with van der Waals surface area (Å²) < 4.78 is 29.4. The van der Waals surface area contributed by atoms with Gasteiger partial charge in [-0.1, -0.05) is 48.5 Å². The van der Waals surface area contributed by atoms with Crippen LogP contribution in [0.2, 0.25) is 0 Å². The Morgan fingerprint density at radius 3 is 2.37 bits per heavy atom. The van der Waals surface area contributed by atoms with Crippen molar-refractivity contribution in [2.45, 2.75) is 44.8 Å². The maximum absolute atomic E-state index is 11.7. The molecule has 0 bridgehead atoms. The Kier molecular flexibility index (Phi) is 14.2. The van der Waals surface area contributed by atoms with Gasteiger partial charge in [-0.2, -0.15) is 0 Å². The lowest BCUT2D eigenvalue weighted by molar-refractivity contribution is -0.116. The van der Waals surface area contributed by atoms with Crippen LogP contribution in [0.3, 0.4) is 0 Å². The topological polar surface area (TPSA) is 116 Å². The van der Waals surface area contributed by atoms with E-state index in [1.807, 2.05) is 72.8 Å². The number of hydrogen-bond acceptors (Lipinski definition) is 8. The monoisotopic (exact) mass is 634 g/mol. The van der Waals surface area contributed by atoms with Crippen LogP contribution in [0.1, 0.15) is 42.4 Å². The van der Waals surface area contributed by atoms with Crippen LogP contribution in [0.25, 0.3) is 0 Å². The number of amides is 1. The van der Waals surface area contributed by atoms with E-state index in [0.717, 1.165) is 46.8 Å². The minimum Gasteiger partial charge on any atom is -0.496 e. The summed E-state index contributed by atoms with van der Waals surface area (Å²) in [6, 6.07) is 23.6. The zero-order valence-corrected chi connectivity index (χ0v) is 26.8. The van der Waals surface area contributed by atoms with Crippen molar-refractivity contribution in [1.82, 2.24) is 10.2 Å². The summed E-state index contributed by atoms with van der Waals surface area (Å²) in [6.07, 6.45) is 0.916. The summed E-state index contributed by atoms with van der Waals surface area (Å²) >= 11 is 0. The zero-order chi connectivity index (χ0) is 32.6. The number of piperidine rings is 1. The minimum atomic E-state index is -0.939. The second-order valence-electron chi connectivity index (χ2n) is 11.3. The molecule has 2 N–H and O–H groups in total. The van der Waals surface area contributed by atoms with Gasteiger partial charge in [0.25, 0.3) is 0 Å². The van der Waals surface area contributed by atoms with Crippen LogP contribution in [0.4, 0.5) is 4.79 Å². The number of Topliss-reactive ketones (excluding diaryl/α,β-unsaturated/α-hetero) is 1. The molecule has 46 heavy (non-hydrogen) atoms. The molecule has 3 aromatic rings. The molecule has 4 rings (SSSR count). The predicted octanol–water partition coefficient (Wildman–Crippen LogP) is 5.33. The van der Waals surface area contributed by atoms with Gasteiger partial charge in [0.1, 0.15) is 29.6 Å². The molecule has 10 nitrogen and oxygen atoms in total. The number of para-hydroxylation sites is 2. The summed E-state index contributed by atoms with van der Waals surface area (Å²) in [5.74, 6) is 2.53. The first-order chi connectivity index (χ1) is 22.4. The number of ketones is 1. The summed E-state index contributed by atoms with van der Waals surface area (Å²) in [7, 11) is 1.66. The van der Waals surface area contributed by atoms with Crippen molar-refractivity contribution in [3.8, 4) is 17.2 Å². The van der Waals surface area contributed by atoms with Crippen molar-refractivity contribution in [2.75, 3.05) is 59.7 Å². The molecule has 248 valence electrons. The largest absolute Gasteiger partial charge is 0.496 e. The van der Waals surface area contributed by atoms with E-state index in [9.17, 15) is 14.7 Å². The summed E-state index contributed by atoms with van der Waals surface area (Å²) in [5.41, 5.74) is 3.16. The van der Waals surface area contributed by atoms with Crippen LogP contribution in [0.15, 0.2) is 72.8 Å². The van der Waals surface area contributed by atoms with Crippen LogP contribution < -0.4 is 19.5 Å². The van der Waals surface area contributed by atoms with Crippen molar-refractivity contribution in [2.24, 2.45) is 0 Å². The Morgan fingerprint density at radius 1 is 0.891 bits per heavy atom. The molecule has 1 amide bonds. The fraction of sp³-hybridized carbons (Fsp3) is 0.444. The number of nitrogens with one attached hydrogen (secondary N) is 1. The molecule has 3 aromatic carbocycles. The van der Waals surface area contributed by atoms with Crippen molar-refractivity contribution in [3.63, 3.8) is 0 Å². The summed E-state index contributed by atoms with van der Waals surface area (Å²) in [6.45, 7) is 5.60. The molecule has 0 spiro atoms. The smallest absolute Gasteiger partial charge is 0.407 e. The lowest BCUT2D eigenvalue weighted by atomic mass is 9.87. The van der Waals surface area contributed by atoms with Gasteiger partial charge in [0, 0.05) is 24.4 Å². The van der Waals surface area contributed by atoms with Gasteiger partial charge in [-0.15, -0.1) is 0 Å². The summed E-state index contributed by atoms with van der Waals surface area (Å²) in [4.78, 5) is 24.3. The number of benzene rings is 3. The summed E-state index contributed by atoms with van der Waals surface area (Å²) in [5, 5.41) is 12.8. The number of hydrogen-bond donors (Lipinski definition) is 2. The van der Waals surface area contributed by atoms with E-state index < -0.39 is 6.09 Å². The molecule has 10 heteroatoms. The fourth-order valence-corrected chi connectivity index (χ4v) is 5.50. The number of nitrogens with zero attached hydrogens (tertiary/aromatic N) is 1. The Morgan fingerprint density at radius 2 is 1.63 bits per heavy atom. The number of methoxy groups -OCH3 is 1. The molecule has 0 saturated carbocycles. The van der Waals surface area contributed by atoms with Crippen molar-refractivity contribution >= 4 is 11.9 Å². The average molecular weight is 635 g/mol. The van der Waals surface area contributed by atoms with Gasteiger partial charge in [-0.3, -0.25) is 4.79 Å². The van der Waals surface area contributed by atoms with Gasteiger partial charge in [0.05, 0.1) is 52.7 Å². The third-order valence-electron chi connectivity index (χ3n) is 7.88. The molecule has 2 atom stereocenters. The second kappa shape index (κ2) is 18.8. The van der Waals surface area contributed by atoms with Crippen molar-refractivity contribution < 1.29 is 38.4 Å². The molecular weight excluding hydrogens is 588 g/mol. The van der Waals surface area contributed by atoms with Gasteiger partial charge in [0.2, 0.25) is 0 Å². The lowest BCUT2D eigenvalue weighted by Crippen LogP contribution is -2.46. The number of carbonyl (C=O) groups is 2. The van der Waals surface area contributed by atoms with Gasteiger partial charge < -0.3 is 39.0 Å². The highest BCUT2D eigenvalue weighted by molar-refractivity contribution is 5.77. The lowest BCUT2D eigenvalue weighted by Gasteiger charge is -2.37.